The third-order valence-electron chi connectivity index (χ3n) is 4.54. The van der Waals surface area contributed by atoms with Crippen molar-refractivity contribution in [3.63, 3.8) is 0 Å². The highest BCUT2D eigenvalue weighted by Crippen LogP contribution is 2.29. The number of aromatic nitrogens is 3. The molecule has 1 aliphatic heterocycles. The number of rotatable bonds is 5. The molecule has 0 amide bonds. The lowest BCUT2D eigenvalue weighted by atomic mass is 9.96. The zero-order valence-electron chi connectivity index (χ0n) is 15.4. The number of hydrogen-bond acceptors (Lipinski definition) is 6. The number of nitrogens with zero attached hydrogens (tertiary/aromatic N) is 4. The second kappa shape index (κ2) is 7.67. The molecular formula is C18H25N5O2S. The molecule has 2 aromatic heterocycles. The zero-order valence-corrected chi connectivity index (χ0v) is 16.2. The molecule has 3 heterocycles. The largest absolute Gasteiger partial charge is 0.325 e. The molecule has 0 unspecified atom stereocenters. The Balaban J connectivity index is 1.82. The third-order valence-corrected chi connectivity index (χ3v) is 6.78. The predicted octanol–water partition coefficient (Wildman–Crippen LogP) is 2.84. The summed E-state index contributed by atoms with van der Waals surface area (Å²) in [5.74, 6) is 2.12. The molecule has 3 rings (SSSR count). The average molecular weight is 375 g/mol. The summed E-state index contributed by atoms with van der Waals surface area (Å²) < 4.78 is 26.6. The third kappa shape index (κ3) is 4.19. The highest BCUT2D eigenvalue weighted by atomic mass is 32.2. The van der Waals surface area contributed by atoms with E-state index >= 15 is 0 Å². The van der Waals surface area contributed by atoms with Gasteiger partial charge in [0.15, 0.2) is 0 Å². The molecule has 0 spiro atoms. The van der Waals surface area contributed by atoms with Crippen LogP contribution in [0, 0.1) is 6.92 Å². The Kier molecular flexibility index (Phi) is 5.52. The van der Waals surface area contributed by atoms with Crippen molar-refractivity contribution in [1.82, 2.24) is 19.3 Å². The van der Waals surface area contributed by atoms with Crippen LogP contribution in [0.4, 0.5) is 11.6 Å². The maximum absolute atomic E-state index is 12.5. The smallest absolute Gasteiger partial charge is 0.216 e. The quantitative estimate of drug-likeness (QED) is 0.864. The van der Waals surface area contributed by atoms with Crippen molar-refractivity contribution < 1.29 is 8.42 Å². The van der Waals surface area contributed by atoms with Crippen LogP contribution >= 0.6 is 0 Å². The minimum absolute atomic E-state index is 0.0725. The molecule has 1 saturated heterocycles. The van der Waals surface area contributed by atoms with Gasteiger partial charge in [-0.1, -0.05) is 6.07 Å². The maximum atomic E-state index is 12.5. The molecule has 1 fully saturated rings. The number of nitrogens with one attached hydrogen (secondary N) is 1. The van der Waals surface area contributed by atoms with Crippen molar-refractivity contribution in [2.45, 2.75) is 44.8 Å². The molecule has 2 aromatic rings. The first kappa shape index (κ1) is 18.7. The fraction of sp³-hybridized carbons (Fsp3) is 0.500. The molecule has 0 aliphatic carbocycles. The van der Waals surface area contributed by atoms with E-state index in [9.17, 15) is 8.42 Å². The van der Waals surface area contributed by atoms with E-state index in [2.05, 4.69) is 20.3 Å². The maximum Gasteiger partial charge on any atom is 0.216 e. The summed E-state index contributed by atoms with van der Waals surface area (Å²) in [6, 6.07) is 7.53. The minimum Gasteiger partial charge on any atom is -0.325 e. The summed E-state index contributed by atoms with van der Waals surface area (Å²) >= 11 is 0. The first-order valence-corrected chi connectivity index (χ1v) is 10.4. The van der Waals surface area contributed by atoms with E-state index in [4.69, 9.17) is 0 Å². The summed E-state index contributed by atoms with van der Waals surface area (Å²) in [6.07, 6.45) is 3.47. The Labute approximate surface area is 154 Å². The van der Waals surface area contributed by atoms with Gasteiger partial charge in [0.2, 0.25) is 10.0 Å². The Morgan fingerprint density at radius 1 is 1.23 bits per heavy atom. The number of anilines is 2. The molecule has 0 radical (unpaired) electrons. The fourth-order valence-electron chi connectivity index (χ4n) is 3.14. The fourth-order valence-corrected chi connectivity index (χ4v) is 4.51. The Bertz CT molecular complexity index is 855. The van der Waals surface area contributed by atoms with Crippen LogP contribution in [0.1, 0.15) is 44.1 Å². The lowest BCUT2D eigenvalue weighted by Gasteiger charge is -2.33. The van der Waals surface area contributed by atoms with Crippen molar-refractivity contribution in [3.8, 4) is 0 Å². The number of aryl methyl sites for hydroxylation is 1. The van der Waals surface area contributed by atoms with Gasteiger partial charge in [-0.15, -0.1) is 0 Å². The molecule has 26 heavy (non-hydrogen) atoms. The van der Waals surface area contributed by atoms with Gasteiger partial charge in [0.05, 0.1) is 10.9 Å². The molecular weight excluding hydrogens is 350 g/mol. The van der Waals surface area contributed by atoms with Gasteiger partial charge < -0.3 is 5.32 Å². The lowest BCUT2D eigenvalue weighted by Crippen LogP contribution is -2.42. The van der Waals surface area contributed by atoms with Crippen LogP contribution in [0.5, 0.6) is 0 Å². The van der Waals surface area contributed by atoms with Crippen molar-refractivity contribution in [3.05, 3.63) is 42.0 Å². The topological polar surface area (TPSA) is 88.1 Å². The Morgan fingerprint density at radius 2 is 2.04 bits per heavy atom. The zero-order chi connectivity index (χ0) is 18.7. The SMILES string of the molecule is Cc1nc(Nc2ccccn2)cc([C@@H]2CCCN(S(=O)(=O)C(C)C)C2)n1. The van der Waals surface area contributed by atoms with Gasteiger partial charge in [-0.2, -0.15) is 0 Å². The van der Waals surface area contributed by atoms with E-state index in [-0.39, 0.29) is 5.92 Å². The van der Waals surface area contributed by atoms with E-state index in [1.807, 2.05) is 31.2 Å². The van der Waals surface area contributed by atoms with E-state index in [1.165, 1.54) is 0 Å². The Morgan fingerprint density at radius 3 is 2.73 bits per heavy atom. The van der Waals surface area contributed by atoms with Gasteiger partial charge in [0.25, 0.3) is 0 Å². The summed E-state index contributed by atoms with van der Waals surface area (Å²) in [5, 5.41) is 2.78. The molecule has 1 aliphatic rings. The molecule has 140 valence electrons. The van der Waals surface area contributed by atoms with Crippen LogP contribution in [0.25, 0.3) is 0 Å². The van der Waals surface area contributed by atoms with Crippen LogP contribution in [-0.4, -0.2) is 46.0 Å². The lowest BCUT2D eigenvalue weighted by molar-refractivity contribution is 0.310. The average Bonchev–Trinajstić information content (AvgIpc) is 2.62. The standard InChI is InChI=1S/C18H25N5O2S/c1-13(2)26(24,25)23-10-6-7-15(12-23)16-11-18(21-14(3)20-16)22-17-8-4-5-9-19-17/h4-5,8-9,11,13,15H,6-7,10,12H2,1-3H3,(H,19,20,21,22)/t15-/m1/s1. The number of sulfonamides is 1. The highest BCUT2D eigenvalue weighted by molar-refractivity contribution is 7.89. The van der Waals surface area contributed by atoms with Gasteiger partial charge in [0.1, 0.15) is 17.5 Å². The minimum atomic E-state index is -3.25. The van der Waals surface area contributed by atoms with E-state index in [0.717, 1.165) is 18.5 Å². The summed E-state index contributed by atoms with van der Waals surface area (Å²) in [6.45, 7) is 6.35. The van der Waals surface area contributed by atoms with Gasteiger partial charge in [-0.05, 0) is 45.7 Å². The summed E-state index contributed by atoms with van der Waals surface area (Å²) in [4.78, 5) is 13.2. The van der Waals surface area contributed by atoms with Crippen LogP contribution in [0.2, 0.25) is 0 Å². The van der Waals surface area contributed by atoms with Gasteiger partial charge >= 0.3 is 0 Å². The number of pyridine rings is 1. The van der Waals surface area contributed by atoms with E-state index in [1.54, 1.807) is 24.3 Å². The molecule has 0 aromatic carbocycles. The highest BCUT2D eigenvalue weighted by Gasteiger charge is 2.32. The van der Waals surface area contributed by atoms with Crippen molar-refractivity contribution in [2.24, 2.45) is 0 Å². The molecule has 0 saturated carbocycles. The normalized spacial score (nSPS) is 18.8. The molecule has 8 heteroatoms. The second-order valence-electron chi connectivity index (χ2n) is 6.86. The monoisotopic (exact) mass is 375 g/mol. The van der Waals surface area contributed by atoms with Crippen LogP contribution in [-0.2, 0) is 10.0 Å². The molecule has 1 atom stereocenters. The summed E-state index contributed by atoms with van der Waals surface area (Å²) in [7, 11) is -3.25. The van der Waals surface area contributed by atoms with E-state index in [0.29, 0.717) is 30.5 Å². The molecule has 7 nitrogen and oxygen atoms in total. The van der Waals surface area contributed by atoms with Crippen LogP contribution < -0.4 is 5.32 Å². The van der Waals surface area contributed by atoms with Crippen molar-refractivity contribution in [1.29, 1.82) is 0 Å². The van der Waals surface area contributed by atoms with Crippen molar-refractivity contribution >= 4 is 21.7 Å². The van der Waals surface area contributed by atoms with Crippen molar-refractivity contribution in [2.75, 3.05) is 18.4 Å². The molecule has 1 N–H and O–H groups in total. The predicted molar refractivity (Wildman–Crippen MR) is 102 cm³/mol. The number of piperidine rings is 1. The molecule has 0 bridgehead atoms. The van der Waals surface area contributed by atoms with Crippen LogP contribution in [0.15, 0.2) is 30.5 Å². The first-order chi connectivity index (χ1) is 12.4. The van der Waals surface area contributed by atoms with Gasteiger partial charge in [-0.25, -0.2) is 27.7 Å². The van der Waals surface area contributed by atoms with Gasteiger partial charge in [0, 0.05) is 31.3 Å². The first-order valence-electron chi connectivity index (χ1n) is 8.89. The van der Waals surface area contributed by atoms with Crippen LogP contribution in [0.3, 0.4) is 0 Å². The Hall–Kier alpha value is -2.06. The van der Waals surface area contributed by atoms with Gasteiger partial charge in [-0.3, -0.25) is 0 Å². The second-order valence-corrected chi connectivity index (χ2v) is 9.35. The van der Waals surface area contributed by atoms with E-state index < -0.39 is 15.3 Å². The number of hydrogen-bond donors (Lipinski definition) is 1. The summed E-state index contributed by atoms with van der Waals surface area (Å²) in [5.41, 5.74) is 0.875.